The molecule has 294 valence electrons. The molecule has 0 radical (unpaired) electrons. The summed E-state index contributed by atoms with van der Waals surface area (Å²) < 4.78 is 5.75. The Morgan fingerprint density at radius 2 is 1.81 bits per heavy atom. The number of carbonyl (C=O) groups is 5. The maximum Gasteiger partial charge on any atom is 0.306 e. The minimum absolute atomic E-state index is 0.0677. The fraction of sp³-hybridized carbons (Fsp3) is 0.632. The lowest BCUT2D eigenvalue weighted by molar-refractivity contribution is -0.149. The number of rotatable bonds is 18. The van der Waals surface area contributed by atoms with Crippen molar-refractivity contribution in [2.24, 2.45) is 17.8 Å². The van der Waals surface area contributed by atoms with Crippen LogP contribution in [0.3, 0.4) is 0 Å². The Kier molecular flexibility index (Phi) is 16.1. The fourth-order valence-electron chi connectivity index (χ4n) is 6.75. The first-order valence-corrected chi connectivity index (χ1v) is 19.3. The summed E-state index contributed by atoms with van der Waals surface area (Å²) in [5, 5.41) is 27.3. The first-order chi connectivity index (χ1) is 24.9. The molecule has 7 atom stereocenters. The van der Waals surface area contributed by atoms with Crippen LogP contribution in [0.25, 0.3) is 0 Å². The molecule has 6 N–H and O–H groups in total. The number of nitrogens with zero attached hydrogens (tertiary/aromatic N) is 3. The summed E-state index contributed by atoms with van der Waals surface area (Å²) >= 11 is 1.14. The molecular formula is C38H58N6O8S. The lowest BCUT2D eigenvalue weighted by atomic mass is 9.92. The number of benzene rings is 1. The van der Waals surface area contributed by atoms with Crippen molar-refractivity contribution < 1.29 is 38.9 Å². The summed E-state index contributed by atoms with van der Waals surface area (Å²) in [7, 11) is 3.63. The van der Waals surface area contributed by atoms with E-state index in [0.717, 1.165) is 37.1 Å². The van der Waals surface area contributed by atoms with Crippen LogP contribution < -0.4 is 16.4 Å². The van der Waals surface area contributed by atoms with Crippen LogP contribution in [-0.2, 0) is 30.3 Å². The highest BCUT2D eigenvalue weighted by atomic mass is 32.1. The van der Waals surface area contributed by atoms with Gasteiger partial charge in [0.25, 0.3) is 5.91 Å². The zero-order valence-corrected chi connectivity index (χ0v) is 33.1. The summed E-state index contributed by atoms with van der Waals surface area (Å²) in [6.45, 7) is 11.5. The van der Waals surface area contributed by atoms with Gasteiger partial charge in [-0.25, -0.2) is 4.98 Å². The molecule has 1 aliphatic heterocycles. The molecule has 1 fully saturated rings. The van der Waals surface area contributed by atoms with Gasteiger partial charge >= 0.3 is 11.9 Å². The molecule has 15 heteroatoms. The highest BCUT2D eigenvalue weighted by Gasteiger charge is 2.37. The summed E-state index contributed by atoms with van der Waals surface area (Å²) in [5.41, 5.74) is 6.80. The van der Waals surface area contributed by atoms with Crippen LogP contribution >= 0.6 is 11.3 Å². The number of thiazole rings is 1. The SMILES string of the molecule is CC[C@H](C)[C@H](NC(=O)C1CCCCN1C)C(=O)N(C)[C@H](C[C@@H](OC(C)=O)c1nc(C(=O)N[C@@H](Cc2ccc(O)c(N)c2)CC(C)C(=O)O)cs1)C(C)C. The Morgan fingerprint density at radius 3 is 2.40 bits per heavy atom. The van der Waals surface area contributed by atoms with Gasteiger partial charge in [0.15, 0.2) is 6.10 Å². The lowest BCUT2D eigenvalue weighted by Crippen LogP contribution is -2.58. The third-order valence-corrected chi connectivity index (χ3v) is 11.2. The number of aromatic nitrogens is 1. The number of anilines is 1. The van der Waals surface area contributed by atoms with E-state index in [-0.39, 0.29) is 66.1 Å². The second-order valence-corrected chi connectivity index (χ2v) is 15.7. The van der Waals surface area contributed by atoms with E-state index >= 15 is 0 Å². The number of nitrogen functional groups attached to an aromatic ring is 1. The number of ether oxygens (including phenoxy) is 1. The molecule has 0 aliphatic carbocycles. The van der Waals surface area contributed by atoms with E-state index < -0.39 is 48.0 Å². The molecule has 14 nitrogen and oxygen atoms in total. The van der Waals surface area contributed by atoms with Crippen molar-refractivity contribution in [3.8, 4) is 5.75 Å². The van der Waals surface area contributed by atoms with E-state index in [0.29, 0.717) is 17.0 Å². The van der Waals surface area contributed by atoms with Crippen molar-refractivity contribution >= 4 is 46.7 Å². The van der Waals surface area contributed by atoms with Gasteiger partial charge in [-0.15, -0.1) is 11.3 Å². The minimum Gasteiger partial charge on any atom is -0.506 e. The molecule has 0 bridgehead atoms. The number of nitrogens with two attached hydrogens (primary N) is 1. The standard InChI is InChI=1S/C38H58N6O8S/c1-9-22(4)33(42-35(48)29-12-10-11-15-43(29)7)37(49)44(8)30(21(2)3)19-32(52-24(6)45)36-41-28(20-53-36)34(47)40-26(16-23(5)38(50)51)17-25-13-14-31(46)27(39)18-25/h13-14,18,20-23,26,29-30,32-33,46H,9-12,15-17,19,39H2,1-8H3,(H,40,47)(H,42,48)(H,50,51)/t22-,23?,26+,29?,30+,32+,33-/m0/s1. The number of hydrogen-bond acceptors (Lipinski definition) is 11. The predicted molar refractivity (Wildman–Crippen MR) is 203 cm³/mol. The van der Waals surface area contributed by atoms with Gasteiger partial charge in [0.1, 0.15) is 22.5 Å². The number of aliphatic carboxylic acids is 1. The van der Waals surface area contributed by atoms with Gasteiger partial charge in [-0.3, -0.25) is 28.9 Å². The number of aromatic hydroxyl groups is 1. The number of phenols is 1. The van der Waals surface area contributed by atoms with Gasteiger partial charge in [0.2, 0.25) is 11.8 Å². The smallest absolute Gasteiger partial charge is 0.306 e. The molecule has 2 aromatic rings. The van der Waals surface area contributed by atoms with Gasteiger partial charge in [0, 0.05) is 37.9 Å². The van der Waals surface area contributed by atoms with E-state index in [4.69, 9.17) is 10.5 Å². The number of amides is 3. The van der Waals surface area contributed by atoms with Crippen LogP contribution in [0, 0.1) is 17.8 Å². The minimum atomic E-state index is -1.01. The third-order valence-electron chi connectivity index (χ3n) is 10.2. The number of nitrogens with one attached hydrogen (secondary N) is 2. The second kappa shape index (κ2) is 19.7. The maximum absolute atomic E-state index is 14.2. The Morgan fingerprint density at radius 1 is 1.11 bits per heavy atom. The van der Waals surface area contributed by atoms with Crippen molar-refractivity contribution in [2.75, 3.05) is 26.4 Å². The fourth-order valence-corrected chi connectivity index (χ4v) is 7.59. The molecule has 0 spiro atoms. The predicted octanol–water partition coefficient (Wildman–Crippen LogP) is 4.38. The molecule has 0 saturated carbocycles. The highest BCUT2D eigenvalue weighted by Crippen LogP contribution is 2.31. The first kappa shape index (κ1) is 43.2. The van der Waals surface area contributed by atoms with E-state index in [1.165, 1.54) is 13.0 Å². The number of carbonyl (C=O) groups excluding carboxylic acids is 4. The Balaban J connectivity index is 1.82. The second-order valence-electron chi connectivity index (χ2n) is 14.8. The molecule has 1 aromatic carbocycles. The number of likely N-dealkylation sites (tertiary alicyclic amines) is 1. The molecule has 1 aromatic heterocycles. The largest absolute Gasteiger partial charge is 0.506 e. The Labute approximate surface area is 316 Å². The zero-order valence-electron chi connectivity index (χ0n) is 32.3. The topological polar surface area (TPSA) is 204 Å². The summed E-state index contributed by atoms with van der Waals surface area (Å²) in [6, 6.07) is 2.61. The molecule has 2 unspecified atom stereocenters. The number of piperidine rings is 1. The van der Waals surface area contributed by atoms with Crippen molar-refractivity contribution in [3.05, 3.63) is 39.8 Å². The van der Waals surface area contributed by atoms with E-state index in [1.54, 1.807) is 36.4 Å². The van der Waals surface area contributed by atoms with Crippen LogP contribution in [-0.4, -0.2) is 99.5 Å². The van der Waals surface area contributed by atoms with Crippen LogP contribution in [0.4, 0.5) is 5.69 Å². The number of phenolic OH excluding ortho intramolecular Hbond substituents is 1. The van der Waals surface area contributed by atoms with Crippen LogP contribution in [0.1, 0.15) is 107 Å². The number of likely N-dealkylation sites (N-methyl/N-ethyl adjacent to an activating group) is 2. The Hall–Kier alpha value is -4.24. The summed E-state index contributed by atoms with van der Waals surface area (Å²) in [5.74, 6) is -3.53. The third kappa shape index (κ3) is 12.1. The average Bonchev–Trinajstić information content (AvgIpc) is 3.60. The molecule has 3 rings (SSSR count). The molecule has 2 heterocycles. The highest BCUT2D eigenvalue weighted by molar-refractivity contribution is 7.09. The van der Waals surface area contributed by atoms with E-state index in [9.17, 15) is 34.2 Å². The summed E-state index contributed by atoms with van der Waals surface area (Å²) in [6.07, 6.45) is 3.10. The molecular weight excluding hydrogens is 701 g/mol. The van der Waals surface area contributed by atoms with E-state index in [2.05, 4.69) is 15.6 Å². The van der Waals surface area contributed by atoms with Crippen molar-refractivity contribution in [2.45, 2.75) is 117 Å². The zero-order chi connectivity index (χ0) is 39.6. The van der Waals surface area contributed by atoms with Crippen LogP contribution in [0.15, 0.2) is 23.6 Å². The van der Waals surface area contributed by atoms with Gasteiger partial charge in [-0.05, 0) is 68.8 Å². The quantitative estimate of drug-likeness (QED) is 0.0820. The van der Waals surface area contributed by atoms with Crippen LogP contribution in [0.5, 0.6) is 5.75 Å². The summed E-state index contributed by atoms with van der Waals surface area (Å²) in [4.78, 5) is 73.4. The number of hydrogen-bond donors (Lipinski definition) is 5. The molecule has 3 amide bonds. The van der Waals surface area contributed by atoms with Crippen molar-refractivity contribution in [1.29, 1.82) is 0 Å². The average molecular weight is 759 g/mol. The first-order valence-electron chi connectivity index (χ1n) is 18.4. The number of carboxylic acid groups (broad SMARTS) is 1. The molecule has 1 aliphatic rings. The van der Waals surface area contributed by atoms with Crippen LogP contribution in [0.2, 0.25) is 0 Å². The lowest BCUT2D eigenvalue weighted by Gasteiger charge is -2.38. The van der Waals surface area contributed by atoms with Crippen molar-refractivity contribution in [3.63, 3.8) is 0 Å². The monoisotopic (exact) mass is 758 g/mol. The van der Waals surface area contributed by atoms with Gasteiger partial charge in [0.05, 0.1) is 17.6 Å². The Bertz CT molecular complexity index is 1580. The molecule has 53 heavy (non-hydrogen) atoms. The van der Waals surface area contributed by atoms with Crippen molar-refractivity contribution in [1.82, 2.24) is 25.4 Å². The van der Waals surface area contributed by atoms with Gasteiger partial charge < -0.3 is 36.2 Å². The normalized spacial score (nSPS) is 18.2. The number of esters is 1. The number of carboxylic acids is 1. The van der Waals surface area contributed by atoms with Gasteiger partial charge in [-0.2, -0.15) is 0 Å². The maximum atomic E-state index is 14.2. The molecule has 1 saturated heterocycles. The van der Waals surface area contributed by atoms with Gasteiger partial charge in [-0.1, -0.05) is 53.5 Å². The van der Waals surface area contributed by atoms with E-state index in [1.807, 2.05) is 39.6 Å².